The van der Waals surface area contributed by atoms with E-state index in [9.17, 15) is 9.18 Å². The zero-order valence-corrected chi connectivity index (χ0v) is 12.4. The normalized spacial score (nSPS) is 10.3. The number of carbonyl (C=O) groups excluding carboxylic acids is 1. The molecule has 3 aromatic rings. The van der Waals surface area contributed by atoms with E-state index in [2.05, 4.69) is 0 Å². The van der Waals surface area contributed by atoms with E-state index in [1.807, 2.05) is 30.3 Å². The molecule has 0 aliphatic rings. The van der Waals surface area contributed by atoms with Crippen molar-refractivity contribution in [3.63, 3.8) is 0 Å². The second-order valence-corrected chi connectivity index (χ2v) is 5.09. The van der Waals surface area contributed by atoms with Crippen molar-refractivity contribution >= 4 is 6.29 Å². The summed E-state index contributed by atoms with van der Waals surface area (Å²) in [6.07, 6.45) is 0.725. The van der Waals surface area contributed by atoms with Crippen molar-refractivity contribution in [2.24, 2.45) is 0 Å². The van der Waals surface area contributed by atoms with Gasteiger partial charge < -0.3 is 4.74 Å². The molecule has 0 heterocycles. The number of hydrogen-bond donors (Lipinski definition) is 0. The van der Waals surface area contributed by atoms with E-state index in [0.29, 0.717) is 29.0 Å². The lowest BCUT2D eigenvalue weighted by atomic mass is 9.99. The summed E-state index contributed by atoms with van der Waals surface area (Å²) >= 11 is 0. The molecule has 0 N–H and O–H groups in total. The molecule has 0 saturated heterocycles. The van der Waals surface area contributed by atoms with Gasteiger partial charge in [0.2, 0.25) is 0 Å². The van der Waals surface area contributed by atoms with Gasteiger partial charge in [-0.15, -0.1) is 0 Å². The third kappa shape index (κ3) is 3.29. The van der Waals surface area contributed by atoms with E-state index < -0.39 is 5.82 Å². The predicted octanol–water partition coefficient (Wildman–Crippen LogP) is 4.88. The number of carbonyl (C=O) groups is 1. The number of hydrogen-bond acceptors (Lipinski definition) is 2. The number of rotatable bonds is 5. The summed E-state index contributed by atoms with van der Waals surface area (Å²) in [6, 6.07) is 21.2. The van der Waals surface area contributed by atoms with Crippen molar-refractivity contribution in [1.82, 2.24) is 0 Å². The molecule has 3 rings (SSSR count). The van der Waals surface area contributed by atoms with Crippen LogP contribution in [0.2, 0.25) is 0 Å². The van der Waals surface area contributed by atoms with E-state index in [-0.39, 0.29) is 0 Å². The molecule has 3 aromatic carbocycles. The fourth-order valence-corrected chi connectivity index (χ4v) is 2.45. The van der Waals surface area contributed by atoms with Crippen LogP contribution in [0.15, 0.2) is 72.8 Å². The Morgan fingerprint density at radius 3 is 2.39 bits per heavy atom. The zero-order valence-electron chi connectivity index (χ0n) is 12.4. The average Bonchev–Trinajstić information content (AvgIpc) is 2.61. The monoisotopic (exact) mass is 306 g/mol. The van der Waals surface area contributed by atoms with Crippen molar-refractivity contribution in [3.8, 4) is 16.9 Å². The first kappa shape index (κ1) is 15.0. The van der Waals surface area contributed by atoms with E-state index in [0.717, 1.165) is 11.8 Å². The molecular formula is C20H15FO2. The van der Waals surface area contributed by atoms with Gasteiger partial charge in [0, 0.05) is 5.56 Å². The molecule has 2 nitrogen and oxygen atoms in total. The Balaban J connectivity index is 1.99. The number of aldehydes is 1. The first-order chi connectivity index (χ1) is 11.3. The summed E-state index contributed by atoms with van der Waals surface area (Å²) in [4.78, 5) is 11.2. The van der Waals surface area contributed by atoms with Crippen LogP contribution in [-0.4, -0.2) is 6.29 Å². The van der Waals surface area contributed by atoms with Crippen molar-refractivity contribution in [2.75, 3.05) is 0 Å². The van der Waals surface area contributed by atoms with Gasteiger partial charge >= 0.3 is 0 Å². The maximum Gasteiger partial charge on any atom is 0.150 e. The fraction of sp³-hybridized carbons (Fsp3) is 0.0500. The molecule has 0 saturated carbocycles. The lowest BCUT2D eigenvalue weighted by molar-refractivity contribution is 0.112. The Bertz CT molecular complexity index is 813. The van der Waals surface area contributed by atoms with Gasteiger partial charge in [0.15, 0.2) is 6.29 Å². The van der Waals surface area contributed by atoms with Crippen LogP contribution in [0.5, 0.6) is 5.75 Å². The molecule has 114 valence electrons. The third-order valence-electron chi connectivity index (χ3n) is 3.57. The largest absolute Gasteiger partial charge is 0.488 e. The summed E-state index contributed by atoms with van der Waals surface area (Å²) in [5.74, 6) is 0.00742. The van der Waals surface area contributed by atoms with Crippen molar-refractivity contribution in [2.45, 2.75) is 6.61 Å². The SMILES string of the molecule is O=Cc1ccccc1-c1c(F)cccc1OCc1ccccc1. The van der Waals surface area contributed by atoms with Crippen LogP contribution in [0.1, 0.15) is 15.9 Å². The predicted molar refractivity (Wildman–Crippen MR) is 88.0 cm³/mol. The number of halogens is 1. The molecule has 23 heavy (non-hydrogen) atoms. The van der Waals surface area contributed by atoms with E-state index >= 15 is 0 Å². The average molecular weight is 306 g/mol. The van der Waals surface area contributed by atoms with Gasteiger partial charge in [0.25, 0.3) is 0 Å². The zero-order chi connectivity index (χ0) is 16.1. The Morgan fingerprint density at radius 2 is 1.61 bits per heavy atom. The van der Waals surface area contributed by atoms with Crippen LogP contribution in [0.25, 0.3) is 11.1 Å². The molecule has 0 atom stereocenters. The molecule has 0 aliphatic heterocycles. The van der Waals surface area contributed by atoms with Crippen LogP contribution >= 0.6 is 0 Å². The standard InChI is InChI=1S/C20H15FO2/c21-18-11-6-12-19(23-14-15-7-2-1-3-8-15)20(18)17-10-5-4-9-16(17)13-22/h1-13H,14H2. The van der Waals surface area contributed by atoms with Crippen molar-refractivity contribution in [3.05, 3.63) is 89.7 Å². The quantitative estimate of drug-likeness (QED) is 0.628. The maximum atomic E-state index is 14.4. The Hall–Kier alpha value is -2.94. The second kappa shape index (κ2) is 6.88. The summed E-state index contributed by atoms with van der Waals surface area (Å²) in [5, 5.41) is 0. The summed E-state index contributed by atoms with van der Waals surface area (Å²) in [7, 11) is 0. The Kier molecular flexibility index (Phi) is 4.48. The molecular weight excluding hydrogens is 291 g/mol. The van der Waals surface area contributed by atoms with Gasteiger partial charge in [-0.1, -0.05) is 60.7 Å². The smallest absolute Gasteiger partial charge is 0.150 e. The summed E-state index contributed by atoms with van der Waals surface area (Å²) < 4.78 is 20.2. The van der Waals surface area contributed by atoms with Crippen molar-refractivity contribution < 1.29 is 13.9 Å². The lowest BCUT2D eigenvalue weighted by Crippen LogP contribution is -1.99. The van der Waals surface area contributed by atoms with Crippen LogP contribution in [-0.2, 0) is 6.61 Å². The maximum absolute atomic E-state index is 14.4. The molecule has 0 radical (unpaired) electrons. The molecule has 0 aliphatic carbocycles. The highest BCUT2D eigenvalue weighted by molar-refractivity contribution is 5.89. The highest BCUT2D eigenvalue weighted by Crippen LogP contribution is 2.34. The minimum absolute atomic E-state index is 0.311. The minimum Gasteiger partial charge on any atom is -0.488 e. The van der Waals surface area contributed by atoms with Gasteiger partial charge in [-0.3, -0.25) is 4.79 Å². The summed E-state index contributed by atoms with van der Waals surface area (Å²) in [6.45, 7) is 0.334. The van der Waals surface area contributed by atoms with E-state index in [1.54, 1.807) is 36.4 Å². The first-order valence-corrected chi connectivity index (χ1v) is 7.29. The van der Waals surface area contributed by atoms with Gasteiger partial charge in [0.05, 0.1) is 5.56 Å². The molecule has 0 amide bonds. The first-order valence-electron chi connectivity index (χ1n) is 7.29. The number of benzene rings is 3. The van der Waals surface area contributed by atoms with Crippen LogP contribution < -0.4 is 4.74 Å². The van der Waals surface area contributed by atoms with Crippen LogP contribution in [0.4, 0.5) is 4.39 Å². The second-order valence-electron chi connectivity index (χ2n) is 5.09. The van der Waals surface area contributed by atoms with E-state index in [4.69, 9.17) is 4.74 Å². The van der Waals surface area contributed by atoms with Gasteiger partial charge in [-0.2, -0.15) is 0 Å². The summed E-state index contributed by atoms with van der Waals surface area (Å²) in [5.41, 5.74) is 2.27. The third-order valence-corrected chi connectivity index (χ3v) is 3.57. The topological polar surface area (TPSA) is 26.3 Å². The van der Waals surface area contributed by atoms with Gasteiger partial charge in [-0.25, -0.2) is 4.39 Å². The Morgan fingerprint density at radius 1 is 0.870 bits per heavy atom. The number of ether oxygens (including phenoxy) is 1. The highest BCUT2D eigenvalue weighted by atomic mass is 19.1. The van der Waals surface area contributed by atoms with Crippen LogP contribution in [0.3, 0.4) is 0 Å². The molecule has 3 heteroatoms. The fourth-order valence-electron chi connectivity index (χ4n) is 2.45. The molecule has 0 unspecified atom stereocenters. The van der Waals surface area contributed by atoms with Crippen molar-refractivity contribution in [1.29, 1.82) is 0 Å². The molecule has 0 bridgehead atoms. The van der Waals surface area contributed by atoms with Crippen LogP contribution in [0, 0.1) is 5.82 Å². The van der Waals surface area contributed by atoms with E-state index in [1.165, 1.54) is 6.07 Å². The van der Waals surface area contributed by atoms with Gasteiger partial charge in [-0.05, 0) is 23.3 Å². The molecule has 0 aromatic heterocycles. The Labute approximate surface area is 134 Å². The molecule has 0 spiro atoms. The minimum atomic E-state index is -0.412. The van der Waals surface area contributed by atoms with Gasteiger partial charge in [0.1, 0.15) is 18.2 Å². The molecule has 0 fully saturated rings. The lowest BCUT2D eigenvalue weighted by Gasteiger charge is -2.14. The highest BCUT2D eigenvalue weighted by Gasteiger charge is 2.15.